The summed E-state index contributed by atoms with van der Waals surface area (Å²) in [5.41, 5.74) is 7.64. The zero-order valence-electron chi connectivity index (χ0n) is 11.1. The molecule has 0 spiro atoms. The van der Waals surface area contributed by atoms with Gasteiger partial charge in [0.1, 0.15) is 5.75 Å². The number of aliphatic hydroxyl groups is 1. The molecule has 1 aromatic carbocycles. The SMILES string of the molecule is CCOc1cc(N(C)CC2CC(O)C2)ccc1N. The van der Waals surface area contributed by atoms with Gasteiger partial charge in [-0.3, -0.25) is 0 Å². The van der Waals surface area contributed by atoms with Crippen LogP contribution in [0.1, 0.15) is 19.8 Å². The van der Waals surface area contributed by atoms with E-state index < -0.39 is 0 Å². The Labute approximate surface area is 108 Å². The molecule has 0 atom stereocenters. The molecule has 0 saturated heterocycles. The summed E-state index contributed by atoms with van der Waals surface area (Å²) < 4.78 is 5.50. The number of hydrogen-bond acceptors (Lipinski definition) is 4. The molecule has 4 nitrogen and oxygen atoms in total. The van der Waals surface area contributed by atoms with Gasteiger partial charge in [-0.2, -0.15) is 0 Å². The Morgan fingerprint density at radius 2 is 2.17 bits per heavy atom. The summed E-state index contributed by atoms with van der Waals surface area (Å²) in [6, 6.07) is 5.87. The molecule has 1 saturated carbocycles. The topological polar surface area (TPSA) is 58.7 Å². The third-order valence-corrected chi connectivity index (χ3v) is 3.48. The highest BCUT2D eigenvalue weighted by Gasteiger charge is 2.28. The summed E-state index contributed by atoms with van der Waals surface area (Å²) in [5.74, 6) is 1.34. The number of rotatable bonds is 5. The number of ether oxygens (including phenoxy) is 1. The van der Waals surface area contributed by atoms with Gasteiger partial charge in [0.2, 0.25) is 0 Å². The summed E-state index contributed by atoms with van der Waals surface area (Å²) >= 11 is 0. The summed E-state index contributed by atoms with van der Waals surface area (Å²) in [5, 5.41) is 9.30. The number of aliphatic hydroxyl groups excluding tert-OH is 1. The second-order valence-electron chi connectivity index (χ2n) is 5.03. The second-order valence-corrected chi connectivity index (χ2v) is 5.03. The standard InChI is InChI=1S/C14H22N2O2/c1-3-18-14-8-11(4-5-13(14)15)16(2)9-10-6-12(17)7-10/h4-5,8,10,12,17H,3,6-7,9,15H2,1-2H3. The largest absolute Gasteiger partial charge is 0.492 e. The van der Waals surface area contributed by atoms with E-state index in [1.165, 1.54) is 0 Å². The maximum absolute atomic E-state index is 9.30. The highest BCUT2D eigenvalue weighted by molar-refractivity contribution is 5.62. The quantitative estimate of drug-likeness (QED) is 0.783. The molecule has 100 valence electrons. The lowest BCUT2D eigenvalue weighted by Crippen LogP contribution is -2.37. The Morgan fingerprint density at radius 3 is 2.78 bits per heavy atom. The number of benzene rings is 1. The van der Waals surface area contributed by atoms with E-state index in [1.807, 2.05) is 25.1 Å². The van der Waals surface area contributed by atoms with Crippen molar-refractivity contribution in [2.45, 2.75) is 25.9 Å². The van der Waals surface area contributed by atoms with Gasteiger partial charge in [0.15, 0.2) is 0 Å². The lowest BCUT2D eigenvalue weighted by molar-refractivity contribution is 0.0465. The van der Waals surface area contributed by atoms with Gasteiger partial charge < -0.3 is 20.5 Å². The van der Waals surface area contributed by atoms with Crippen LogP contribution < -0.4 is 15.4 Å². The molecular formula is C14H22N2O2. The summed E-state index contributed by atoms with van der Waals surface area (Å²) in [4.78, 5) is 2.19. The van der Waals surface area contributed by atoms with E-state index in [1.54, 1.807) is 0 Å². The van der Waals surface area contributed by atoms with E-state index in [0.717, 1.165) is 30.8 Å². The minimum absolute atomic E-state index is 0.0891. The number of anilines is 2. The molecule has 1 aliphatic carbocycles. The van der Waals surface area contributed by atoms with Crippen LogP contribution in [-0.2, 0) is 0 Å². The van der Waals surface area contributed by atoms with Crippen molar-refractivity contribution in [1.82, 2.24) is 0 Å². The average Bonchev–Trinajstić information content (AvgIpc) is 2.30. The molecule has 1 fully saturated rings. The van der Waals surface area contributed by atoms with Gasteiger partial charge in [-0.15, -0.1) is 0 Å². The molecule has 0 radical (unpaired) electrons. The molecule has 2 rings (SSSR count). The van der Waals surface area contributed by atoms with E-state index in [2.05, 4.69) is 11.9 Å². The van der Waals surface area contributed by atoms with Gasteiger partial charge in [-0.05, 0) is 37.8 Å². The molecule has 4 heteroatoms. The summed E-state index contributed by atoms with van der Waals surface area (Å²) in [6.45, 7) is 3.53. The van der Waals surface area contributed by atoms with Crippen molar-refractivity contribution in [3.05, 3.63) is 18.2 Å². The Bertz CT molecular complexity index is 403. The van der Waals surface area contributed by atoms with E-state index in [0.29, 0.717) is 18.2 Å². The average molecular weight is 250 g/mol. The third kappa shape index (κ3) is 2.88. The van der Waals surface area contributed by atoms with Crippen LogP contribution in [0.2, 0.25) is 0 Å². The zero-order valence-corrected chi connectivity index (χ0v) is 11.1. The van der Waals surface area contributed by atoms with Crippen LogP contribution in [0.15, 0.2) is 18.2 Å². The molecule has 3 N–H and O–H groups in total. The van der Waals surface area contributed by atoms with Crippen molar-refractivity contribution in [3.63, 3.8) is 0 Å². The minimum atomic E-state index is -0.0891. The lowest BCUT2D eigenvalue weighted by Gasteiger charge is -2.35. The van der Waals surface area contributed by atoms with Crippen LogP contribution in [0.3, 0.4) is 0 Å². The van der Waals surface area contributed by atoms with E-state index in [-0.39, 0.29) is 6.10 Å². The molecule has 0 aromatic heterocycles. The first kappa shape index (κ1) is 13.0. The Kier molecular flexibility index (Phi) is 3.97. The van der Waals surface area contributed by atoms with E-state index in [4.69, 9.17) is 10.5 Å². The molecule has 18 heavy (non-hydrogen) atoms. The first-order valence-electron chi connectivity index (χ1n) is 6.51. The Hall–Kier alpha value is -1.42. The smallest absolute Gasteiger partial charge is 0.144 e. The van der Waals surface area contributed by atoms with Crippen LogP contribution in [0.5, 0.6) is 5.75 Å². The number of nitrogens with zero attached hydrogens (tertiary/aromatic N) is 1. The highest BCUT2D eigenvalue weighted by Crippen LogP contribution is 2.31. The van der Waals surface area contributed by atoms with E-state index in [9.17, 15) is 5.11 Å². The fraction of sp³-hybridized carbons (Fsp3) is 0.571. The first-order valence-corrected chi connectivity index (χ1v) is 6.51. The molecule has 0 heterocycles. The predicted molar refractivity (Wildman–Crippen MR) is 74.0 cm³/mol. The summed E-state index contributed by atoms with van der Waals surface area (Å²) in [6.07, 6.45) is 1.74. The highest BCUT2D eigenvalue weighted by atomic mass is 16.5. The Morgan fingerprint density at radius 1 is 1.44 bits per heavy atom. The number of nitrogens with two attached hydrogens (primary N) is 1. The number of hydrogen-bond donors (Lipinski definition) is 2. The predicted octanol–water partition coefficient (Wildman–Crippen LogP) is 1.87. The van der Waals surface area contributed by atoms with Crippen LogP contribution in [0.25, 0.3) is 0 Å². The molecule has 1 aromatic rings. The molecule has 0 unspecified atom stereocenters. The van der Waals surface area contributed by atoms with Gasteiger partial charge in [0, 0.05) is 25.3 Å². The van der Waals surface area contributed by atoms with Crippen LogP contribution in [-0.4, -0.2) is 31.4 Å². The van der Waals surface area contributed by atoms with Crippen LogP contribution in [0, 0.1) is 5.92 Å². The minimum Gasteiger partial charge on any atom is -0.492 e. The van der Waals surface area contributed by atoms with Crippen molar-refractivity contribution < 1.29 is 9.84 Å². The maximum atomic E-state index is 9.30. The number of nitrogen functional groups attached to an aromatic ring is 1. The fourth-order valence-corrected chi connectivity index (χ4v) is 2.38. The third-order valence-electron chi connectivity index (χ3n) is 3.48. The monoisotopic (exact) mass is 250 g/mol. The van der Waals surface area contributed by atoms with Gasteiger partial charge in [-0.25, -0.2) is 0 Å². The molecule has 0 amide bonds. The molecule has 0 aliphatic heterocycles. The van der Waals surface area contributed by atoms with Gasteiger partial charge >= 0.3 is 0 Å². The maximum Gasteiger partial charge on any atom is 0.144 e. The fourth-order valence-electron chi connectivity index (χ4n) is 2.38. The second kappa shape index (κ2) is 5.48. The molecule has 0 bridgehead atoms. The zero-order chi connectivity index (χ0) is 13.1. The first-order chi connectivity index (χ1) is 8.60. The van der Waals surface area contributed by atoms with Crippen LogP contribution in [0.4, 0.5) is 11.4 Å². The summed E-state index contributed by atoms with van der Waals surface area (Å²) in [7, 11) is 2.06. The van der Waals surface area contributed by atoms with Gasteiger partial charge in [0.25, 0.3) is 0 Å². The van der Waals surface area contributed by atoms with Crippen molar-refractivity contribution in [2.24, 2.45) is 5.92 Å². The van der Waals surface area contributed by atoms with Crippen molar-refractivity contribution >= 4 is 11.4 Å². The van der Waals surface area contributed by atoms with Crippen molar-refractivity contribution in [1.29, 1.82) is 0 Å². The lowest BCUT2D eigenvalue weighted by atomic mass is 9.82. The normalized spacial score (nSPS) is 22.4. The van der Waals surface area contributed by atoms with Crippen LogP contribution >= 0.6 is 0 Å². The molecule has 1 aliphatic rings. The molecular weight excluding hydrogens is 228 g/mol. The van der Waals surface area contributed by atoms with Gasteiger partial charge in [-0.1, -0.05) is 0 Å². The van der Waals surface area contributed by atoms with Gasteiger partial charge in [0.05, 0.1) is 18.4 Å². The van der Waals surface area contributed by atoms with E-state index >= 15 is 0 Å². The van der Waals surface area contributed by atoms with Crippen molar-refractivity contribution in [3.8, 4) is 5.75 Å². The Balaban J connectivity index is 2.00. The van der Waals surface area contributed by atoms with Crippen molar-refractivity contribution in [2.75, 3.05) is 30.8 Å².